The lowest BCUT2D eigenvalue weighted by Crippen LogP contribution is -2.01. The number of imidazole rings is 1. The van der Waals surface area contributed by atoms with Crippen molar-refractivity contribution in [3.8, 4) is 11.4 Å². The molecule has 3 N–H and O–H groups in total. The standard InChI is InChI=1S/C9H9N3O2/c13-9(14)4-8-11-5-7(12-8)6-2-1-3-10-6/h1-3,5,10H,4H2,(H,11,12)(H,13,14). The second-order valence-corrected chi connectivity index (χ2v) is 2.90. The number of hydrogen-bond donors (Lipinski definition) is 3. The molecule has 2 aromatic heterocycles. The van der Waals surface area contributed by atoms with Gasteiger partial charge in [-0.2, -0.15) is 0 Å². The highest BCUT2D eigenvalue weighted by Crippen LogP contribution is 2.13. The molecule has 0 radical (unpaired) electrons. The maximum atomic E-state index is 10.4. The number of hydrogen-bond acceptors (Lipinski definition) is 2. The quantitative estimate of drug-likeness (QED) is 0.677. The van der Waals surface area contributed by atoms with Crippen LogP contribution in [-0.4, -0.2) is 26.0 Å². The summed E-state index contributed by atoms with van der Waals surface area (Å²) in [5, 5.41) is 8.54. The van der Waals surface area contributed by atoms with Gasteiger partial charge in [0.05, 0.1) is 17.6 Å². The van der Waals surface area contributed by atoms with Gasteiger partial charge in [0.15, 0.2) is 0 Å². The van der Waals surface area contributed by atoms with Crippen molar-refractivity contribution in [1.82, 2.24) is 15.0 Å². The van der Waals surface area contributed by atoms with Crippen LogP contribution in [0.5, 0.6) is 0 Å². The molecule has 0 fully saturated rings. The van der Waals surface area contributed by atoms with Crippen LogP contribution in [0.3, 0.4) is 0 Å². The Hall–Kier alpha value is -2.04. The molecule has 0 atom stereocenters. The molecule has 0 saturated heterocycles. The second kappa shape index (κ2) is 3.37. The van der Waals surface area contributed by atoms with Crippen molar-refractivity contribution in [1.29, 1.82) is 0 Å². The zero-order valence-electron chi connectivity index (χ0n) is 7.32. The number of aliphatic carboxylic acids is 1. The Morgan fingerprint density at radius 3 is 3.00 bits per heavy atom. The Balaban J connectivity index is 2.22. The summed E-state index contributed by atoms with van der Waals surface area (Å²) < 4.78 is 0. The average molecular weight is 191 g/mol. The summed E-state index contributed by atoms with van der Waals surface area (Å²) in [5.74, 6) is -0.431. The third kappa shape index (κ3) is 1.66. The van der Waals surface area contributed by atoms with Gasteiger partial charge in [-0.1, -0.05) is 0 Å². The summed E-state index contributed by atoms with van der Waals surface area (Å²) in [6.07, 6.45) is 3.33. The number of aromatic nitrogens is 3. The smallest absolute Gasteiger partial charge is 0.311 e. The molecule has 0 unspecified atom stereocenters. The first kappa shape index (κ1) is 8.55. The number of carboxylic acids is 1. The summed E-state index contributed by atoms with van der Waals surface area (Å²) in [4.78, 5) is 20.3. The van der Waals surface area contributed by atoms with Crippen molar-refractivity contribution < 1.29 is 9.90 Å². The number of H-pyrrole nitrogens is 2. The van der Waals surface area contributed by atoms with Gasteiger partial charge in [-0.05, 0) is 12.1 Å². The van der Waals surface area contributed by atoms with Gasteiger partial charge in [-0.3, -0.25) is 4.79 Å². The largest absolute Gasteiger partial charge is 0.481 e. The Labute approximate surface area is 79.8 Å². The molecule has 0 aliphatic rings. The van der Waals surface area contributed by atoms with Crippen molar-refractivity contribution in [3.63, 3.8) is 0 Å². The minimum atomic E-state index is -0.891. The third-order valence-corrected chi connectivity index (χ3v) is 1.84. The average Bonchev–Trinajstić information content (AvgIpc) is 2.69. The second-order valence-electron chi connectivity index (χ2n) is 2.90. The number of aromatic amines is 2. The van der Waals surface area contributed by atoms with Gasteiger partial charge in [-0.15, -0.1) is 0 Å². The fourth-order valence-electron chi connectivity index (χ4n) is 1.23. The molecule has 14 heavy (non-hydrogen) atoms. The lowest BCUT2D eigenvalue weighted by atomic mass is 10.3. The third-order valence-electron chi connectivity index (χ3n) is 1.84. The van der Waals surface area contributed by atoms with Crippen molar-refractivity contribution in [2.24, 2.45) is 0 Å². The van der Waals surface area contributed by atoms with E-state index in [4.69, 9.17) is 5.11 Å². The molecule has 72 valence electrons. The van der Waals surface area contributed by atoms with E-state index in [0.717, 1.165) is 11.4 Å². The van der Waals surface area contributed by atoms with Crippen LogP contribution in [0.15, 0.2) is 24.5 Å². The number of nitrogens with zero attached hydrogens (tertiary/aromatic N) is 1. The van der Waals surface area contributed by atoms with Crippen molar-refractivity contribution in [2.75, 3.05) is 0 Å². The zero-order valence-corrected chi connectivity index (χ0v) is 7.32. The number of nitrogens with one attached hydrogen (secondary N) is 2. The lowest BCUT2D eigenvalue weighted by Gasteiger charge is -1.91. The molecule has 5 heteroatoms. The maximum Gasteiger partial charge on any atom is 0.311 e. The van der Waals surface area contributed by atoms with E-state index in [1.165, 1.54) is 0 Å². The van der Waals surface area contributed by atoms with Gasteiger partial charge < -0.3 is 15.1 Å². The molecule has 0 aliphatic carbocycles. The van der Waals surface area contributed by atoms with Crippen LogP contribution < -0.4 is 0 Å². The Morgan fingerprint density at radius 1 is 1.50 bits per heavy atom. The highest BCUT2D eigenvalue weighted by Gasteiger charge is 2.06. The van der Waals surface area contributed by atoms with E-state index in [9.17, 15) is 4.79 Å². The summed E-state index contributed by atoms with van der Waals surface area (Å²) in [6, 6.07) is 3.76. The minimum absolute atomic E-state index is 0.0826. The topological polar surface area (TPSA) is 81.8 Å². The molecule has 0 saturated carbocycles. The molecule has 0 amide bonds. The summed E-state index contributed by atoms with van der Waals surface area (Å²) in [6.45, 7) is 0. The molecular formula is C9H9N3O2. The number of carbonyl (C=O) groups is 1. The van der Waals surface area contributed by atoms with Gasteiger partial charge in [0.2, 0.25) is 0 Å². The molecule has 2 aromatic rings. The zero-order chi connectivity index (χ0) is 9.97. The number of rotatable bonds is 3. The van der Waals surface area contributed by atoms with E-state index < -0.39 is 5.97 Å². The van der Waals surface area contributed by atoms with E-state index in [-0.39, 0.29) is 6.42 Å². The van der Waals surface area contributed by atoms with Gasteiger partial charge >= 0.3 is 5.97 Å². The van der Waals surface area contributed by atoms with Crippen LogP contribution >= 0.6 is 0 Å². The summed E-state index contributed by atoms with van der Waals surface area (Å²) in [7, 11) is 0. The Bertz CT molecular complexity index is 431. The van der Waals surface area contributed by atoms with Crippen LogP contribution in [0.25, 0.3) is 11.4 Å². The van der Waals surface area contributed by atoms with Crippen molar-refractivity contribution in [3.05, 3.63) is 30.4 Å². The van der Waals surface area contributed by atoms with Gasteiger partial charge in [0.25, 0.3) is 0 Å². The first-order valence-electron chi connectivity index (χ1n) is 4.15. The predicted octanol–water partition coefficient (Wildman–Crippen LogP) is 1.03. The van der Waals surface area contributed by atoms with E-state index in [1.54, 1.807) is 12.4 Å². The Morgan fingerprint density at radius 2 is 2.36 bits per heavy atom. The lowest BCUT2D eigenvalue weighted by molar-refractivity contribution is -0.136. The fourth-order valence-corrected chi connectivity index (χ4v) is 1.23. The molecule has 0 bridgehead atoms. The first-order valence-corrected chi connectivity index (χ1v) is 4.15. The van der Waals surface area contributed by atoms with Crippen LogP contribution in [0.1, 0.15) is 5.82 Å². The monoisotopic (exact) mass is 191 g/mol. The Kier molecular flexibility index (Phi) is 2.06. The molecule has 2 heterocycles. The van der Waals surface area contributed by atoms with E-state index >= 15 is 0 Å². The van der Waals surface area contributed by atoms with Gasteiger partial charge in [0.1, 0.15) is 12.2 Å². The molecule has 5 nitrogen and oxygen atoms in total. The van der Waals surface area contributed by atoms with Crippen molar-refractivity contribution in [2.45, 2.75) is 6.42 Å². The molecule has 0 aliphatic heterocycles. The first-order chi connectivity index (χ1) is 6.75. The van der Waals surface area contributed by atoms with Crippen LogP contribution in [0.4, 0.5) is 0 Å². The van der Waals surface area contributed by atoms with Gasteiger partial charge in [0, 0.05) is 6.20 Å². The van der Waals surface area contributed by atoms with Crippen LogP contribution in [0, 0.1) is 0 Å². The summed E-state index contributed by atoms with van der Waals surface area (Å²) >= 11 is 0. The molecule has 2 rings (SSSR count). The minimum Gasteiger partial charge on any atom is -0.481 e. The predicted molar refractivity (Wildman–Crippen MR) is 49.7 cm³/mol. The van der Waals surface area contributed by atoms with Crippen molar-refractivity contribution >= 4 is 5.97 Å². The molecule has 0 spiro atoms. The van der Waals surface area contributed by atoms with E-state index in [1.807, 2.05) is 12.1 Å². The summed E-state index contributed by atoms with van der Waals surface area (Å²) in [5.41, 5.74) is 1.69. The highest BCUT2D eigenvalue weighted by atomic mass is 16.4. The van der Waals surface area contributed by atoms with Crippen LogP contribution in [-0.2, 0) is 11.2 Å². The maximum absolute atomic E-state index is 10.4. The van der Waals surface area contributed by atoms with Gasteiger partial charge in [-0.25, -0.2) is 4.98 Å². The normalized spacial score (nSPS) is 10.3. The molecular weight excluding hydrogens is 182 g/mol. The van der Waals surface area contributed by atoms with E-state index in [0.29, 0.717) is 5.82 Å². The van der Waals surface area contributed by atoms with Crippen LogP contribution in [0.2, 0.25) is 0 Å². The molecule has 0 aromatic carbocycles. The number of carboxylic acid groups (broad SMARTS) is 1. The fraction of sp³-hybridized carbons (Fsp3) is 0.111. The highest BCUT2D eigenvalue weighted by molar-refractivity contribution is 5.69. The SMILES string of the molecule is O=C(O)Cc1ncc(-c2ccc[nH]2)[nH]1. The van der Waals surface area contributed by atoms with E-state index in [2.05, 4.69) is 15.0 Å².